The summed E-state index contributed by atoms with van der Waals surface area (Å²) >= 11 is 0. The number of nitrogens with zero attached hydrogens (tertiary/aromatic N) is 3. The van der Waals surface area contributed by atoms with E-state index in [-0.39, 0.29) is 11.8 Å². The van der Waals surface area contributed by atoms with Gasteiger partial charge in [0.25, 0.3) is 0 Å². The molecule has 1 aromatic carbocycles. The topological polar surface area (TPSA) is 121 Å². The fourth-order valence-electron chi connectivity index (χ4n) is 3.06. The van der Waals surface area contributed by atoms with Crippen LogP contribution in [0.15, 0.2) is 60.8 Å². The molecule has 0 aliphatic rings. The summed E-state index contributed by atoms with van der Waals surface area (Å²) < 4.78 is 0. The lowest BCUT2D eigenvalue weighted by molar-refractivity contribution is -0.119. The Morgan fingerprint density at radius 2 is 1.50 bits per heavy atom. The molecule has 34 heavy (non-hydrogen) atoms. The zero-order valence-electron chi connectivity index (χ0n) is 19.3. The molecule has 9 nitrogen and oxygen atoms in total. The number of anilines is 2. The predicted octanol–water partition coefficient (Wildman–Crippen LogP) is 2.64. The van der Waals surface area contributed by atoms with Crippen molar-refractivity contribution in [2.24, 2.45) is 0 Å². The summed E-state index contributed by atoms with van der Waals surface area (Å²) in [6.07, 6.45) is 4.81. The summed E-state index contributed by atoms with van der Waals surface area (Å²) in [7, 11) is 0. The van der Waals surface area contributed by atoms with E-state index in [1.54, 1.807) is 12.3 Å². The fraction of sp³-hybridized carbons (Fsp3) is 0.240. The molecule has 9 heteroatoms. The molecule has 0 unspecified atom stereocenters. The molecule has 2 aromatic heterocycles. The van der Waals surface area contributed by atoms with Crippen molar-refractivity contribution in [2.45, 2.75) is 13.8 Å². The Hall–Kier alpha value is -4.27. The van der Waals surface area contributed by atoms with Crippen molar-refractivity contribution in [1.29, 1.82) is 0 Å². The van der Waals surface area contributed by atoms with Gasteiger partial charge >= 0.3 is 0 Å². The van der Waals surface area contributed by atoms with Crippen LogP contribution in [0, 0.1) is 6.92 Å². The summed E-state index contributed by atoms with van der Waals surface area (Å²) in [6, 6.07) is 15.2. The number of carbonyl (C=O) groups is 2. The SMILES string of the molecule is CC(=O)NCCNc1nc(-c2ccccc2)nc(NCCNC(=O)/C=C/c2ccccn2)c1C. The van der Waals surface area contributed by atoms with Crippen LogP contribution in [-0.4, -0.2) is 52.9 Å². The van der Waals surface area contributed by atoms with E-state index in [1.165, 1.54) is 13.0 Å². The predicted molar refractivity (Wildman–Crippen MR) is 134 cm³/mol. The molecule has 4 N–H and O–H groups in total. The molecule has 176 valence electrons. The minimum absolute atomic E-state index is 0.0783. The molecule has 0 aliphatic carbocycles. The van der Waals surface area contributed by atoms with Crippen LogP contribution in [0.5, 0.6) is 0 Å². The van der Waals surface area contributed by atoms with Gasteiger partial charge in [-0.05, 0) is 25.1 Å². The molecule has 0 spiro atoms. The van der Waals surface area contributed by atoms with Crippen LogP contribution in [-0.2, 0) is 9.59 Å². The molecule has 2 heterocycles. The second-order valence-electron chi connectivity index (χ2n) is 7.45. The maximum Gasteiger partial charge on any atom is 0.244 e. The monoisotopic (exact) mass is 459 g/mol. The van der Waals surface area contributed by atoms with Crippen LogP contribution in [0.3, 0.4) is 0 Å². The second kappa shape index (κ2) is 12.7. The third-order valence-corrected chi connectivity index (χ3v) is 4.78. The van der Waals surface area contributed by atoms with E-state index in [0.29, 0.717) is 43.6 Å². The molecule has 0 bridgehead atoms. The first-order valence-corrected chi connectivity index (χ1v) is 11.1. The number of nitrogens with one attached hydrogen (secondary N) is 4. The van der Waals surface area contributed by atoms with E-state index in [4.69, 9.17) is 0 Å². The van der Waals surface area contributed by atoms with Crippen molar-refractivity contribution >= 4 is 29.5 Å². The van der Waals surface area contributed by atoms with Crippen molar-refractivity contribution in [2.75, 3.05) is 36.8 Å². The van der Waals surface area contributed by atoms with Crippen molar-refractivity contribution in [3.05, 3.63) is 72.1 Å². The quantitative estimate of drug-likeness (QED) is 0.257. The average Bonchev–Trinajstić information content (AvgIpc) is 2.85. The summed E-state index contributed by atoms with van der Waals surface area (Å²) in [5.41, 5.74) is 2.46. The van der Waals surface area contributed by atoms with Crippen LogP contribution in [0.1, 0.15) is 18.2 Å². The Bertz CT molecular complexity index is 1120. The number of hydrogen-bond donors (Lipinski definition) is 4. The standard InChI is InChI=1S/C25H29N7O2/c1-18-23(29-16-14-26-19(2)33)31-25(20-8-4-3-5-9-20)32-24(18)30-17-15-28-22(34)12-11-21-10-6-7-13-27-21/h3-13H,14-17H2,1-2H3,(H,26,33)(H,28,34)(H2,29,30,31,32)/b12-11+. The lowest BCUT2D eigenvalue weighted by Crippen LogP contribution is -2.28. The first kappa shape index (κ1) is 24.4. The molecular weight excluding hydrogens is 430 g/mol. The van der Waals surface area contributed by atoms with E-state index >= 15 is 0 Å². The van der Waals surface area contributed by atoms with Gasteiger partial charge in [0.05, 0.1) is 5.69 Å². The normalized spacial score (nSPS) is 10.6. The summed E-state index contributed by atoms with van der Waals surface area (Å²) in [5, 5.41) is 12.2. The molecule has 0 atom stereocenters. The lowest BCUT2D eigenvalue weighted by atomic mass is 10.2. The minimum atomic E-state index is -0.197. The number of rotatable bonds is 11. The van der Waals surface area contributed by atoms with Crippen LogP contribution in [0.25, 0.3) is 17.5 Å². The van der Waals surface area contributed by atoms with Gasteiger partial charge in [-0.1, -0.05) is 36.4 Å². The molecule has 3 aromatic rings. The summed E-state index contributed by atoms with van der Waals surface area (Å²) in [5.74, 6) is 1.67. The number of aromatic nitrogens is 3. The maximum absolute atomic E-state index is 12.1. The Labute approximate surface area is 199 Å². The van der Waals surface area contributed by atoms with Gasteiger partial charge in [-0.2, -0.15) is 0 Å². The minimum Gasteiger partial charge on any atom is -0.368 e. The fourth-order valence-corrected chi connectivity index (χ4v) is 3.06. The zero-order chi connectivity index (χ0) is 24.2. The van der Waals surface area contributed by atoms with Gasteiger partial charge in [-0.3, -0.25) is 14.6 Å². The van der Waals surface area contributed by atoms with Crippen molar-refractivity contribution < 1.29 is 9.59 Å². The molecule has 0 fully saturated rings. The van der Waals surface area contributed by atoms with E-state index < -0.39 is 0 Å². The average molecular weight is 460 g/mol. The van der Waals surface area contributed by atoms with E-state index in [0.717, 1.165) is 16.8 Å². The number of pyridine rings is 1. The second-order valence-corrected chi connectivity index (χ2v) is 7.45. The van der Waals surface area contributed by atoms with Gasteiger partial charge < -0.3 is 21.3 Å². The number of carbonyl (C=O) groups excluding carboxylic acids is 2. The number of amides is 2. The van der Waals surface area contributed by atoms with Crippen LogP contribution in [0.4, 0.5) is 11.6 Å². The summed E-state index contributed by atoms with van der Waals surface area (Å²) in [6.45, 7) is 5.33. The van der Waals surface area contributed by atoms with Gasteiger partial charge in [0.1, 0.15) is 11.6 Å². The maximum atomic E-state index is 12.1. The summed E-state index contributed by atoms with van der Waals surface area (Å²) in [4.78, 5) is 36.7. The largest absolute Gasteiger partial charge is 0.368 e. The number of benzene rings is 1. The zero-order valence-corrected chi connectivity index (χ0v) is 19.3. The van der Waals surface area contributed by atoms with Crippen molar-refractivity contribution in [3.63, 3.8) is 0 Å². The van der Waals surface area contributed by atoms with E-state index in [1.807, 2.05) is 55.5 Å². The molecule has 3 rings (SSSR count). The Kier molecular flexibility index (Phi) is 9.09. The molecule has 0 radical (unpaired) electrons. The first-order valence-electron chi connectivity index (χ1n) is 11.1. The van der Waals surface area contributed by atoms with Gasteiger partial charge in [-0.15, -0.1) is 0 Å². The van der Waals surface area contributed by atoms with Gasteiger partial charge in [0.2, 0.25) is 11.8 Å². The van der Waals surface area contributed by atoms with Gasteiger partial charge in [-0.25, -0.2) is 9.97 Å². The highest BCUT2D eigenvalue weighted by molar-refractivity contribution is 5.91. The van der Waals surface area contributed by atoms with Gasteiger partial charge in [0.15, 0.2) is 5.82 Å². The molecule has 2 amide bonds. The third kappa shape index (κ3) is 7.70. The Morgan fingerprint density at radius 3 is 2.12 bits per heavy atom. The van der Waals surface area contributed by atoms with E-state index in [9.17, 15) is 9.59 Å². The Morgan fingerprint density at radius 1 is 0.853 bits per heavy atom. The molecule has 0 aliphatic heterocycles. The van der Waals surface area contributed by atoms with Crippen LogP contribution >= 0.6 is 0 Å². The number of hydrogen-bond acceptors (Lipinski definition) is 7. The smallest absolute Gasteiger partial charge is 0.244 e. The van der Waals surface area contributed by atoms with Gasteiger partial charge in [0, 0.05) is 56.5 Å². The van der Waals surface area contributed by atoms with Crippen LogP contribution in [0.2, 0.25) is 0 Å². The lowest BCUT2D eigenvalue weighted by Gasteiger charge is -2.15. The highest BCUT2D eigenvalue weighted by Crippen LogP contribution is 2.24. The van der Waals surface area contributed by atoms with Crippen LogP contribution < -0.4 is 21.3 Å². The molecular formula is C25H29N7O2. The van der Waals surface area contributed by atoms with Crippen molar-refractivity contribution in [1.82, 2.24) is 25.6 Å². The van der Waals surface area contributed by atoms with E-state index in [2.05, 4.69) is 36.2 Å². The highest BCUT2D eigenvalue weighted by atomic mass is 16.2. The molecule has 0 saturated carbocycles. The third-order valence-electron chi connectivity index (χ3n) is 4.78. The Balaban J connectivity index is 1.62. The van der Waals surface area contributed by atoms with Crippen molar-refractivity contribution in [3.8, 4) is 11.4 Å². The molecule has 0 saturated heterocycles. The first-order chi connectivity index (χ1) is 16.5. The highest BCUT2D eigenvalue weighted by Gasteiger charge is 2.12.